The van der Waals surface area contributed by atoms with Crippen molar-refractivity contribution in [3.63, 3.8) is 0 Å². The number of rotatable bonds is 1. The molecule has 0 spiro atoms. The molecule has 4 nitrogen and oxygen atoms in total. The number of benzene rings is 2. The Morgan fingerprint density at radius 1 is 0.875 bits per heavy atom. The molecule has 1 fully saturated rings. The lowest BCUT2D eigenvalue weighted by molar-refractivity contribution is -0.0206. The van der Waals surface area contributed by atoms with E-state index in [4.69, 9.17) is 4.74 Å². The van der Waals surface area contributed by atoms with E-state index in [2.05, 4.69) is 18.1 Å². The van der Waals surface area contributed by atoms with E-state index in [9.17, 15) is 10.2 Å². The van der Waals surface area contributed by atoms with Crippen molar-refractivity contribution < 1.29 is 14.9 Å². The van der Waals surface area contributed by atoms with Crippen LogP contribution in [0.2, 0.25) is 0 Å². The van der Waals surface area contributed by atoms with Crippen LogP contribution in [0.25, 0.3) is 0 Å². The predicted octanol–water partition coefficient (Wildman–Crippen LogP) is 4.01. The molecule has 4 rings (SSSR count). The van der Waals surface area contributed by atoms with Gasteiger partial charge in [-0.2, -0.15) is 0 Å². The van der Waals surface area contributed by atoms with E-state index >= 15 is 0 Å². The number of hydrogen-bond acceptors (Lipinski definition) is 4. The average molecular weight is 325 g/mol. The van der Waals surface area contributed by atoms with Crippen LogP contribution in [0, 0.1) is 0 Å². The summed E-state index contributed by atoms with van der Waals surface area (Å²) in [6.45, 7) is 6.00. The summed E-state index contributed by atoms with van der Waals surface area (Å²) in [5.74, 6) is 1.57. The molecule has 0 aromatic heterocycles. The molecule has 0 bridgehead atoms. The summed E-state index contributed by atoms with van der Waals surface area (Å²) in [5.41, 5.74) is 1.89. The monoisotopic (exact) mass is 325 g/mol. The Balaban J connectivity index is 0.000000815. The van der Waals surface area contributed by atoms with Crippen molar-refractivity contribution in [2.75, 3.05) is 4.90 Å². The highest BCUT2D eigenvalue weighted by atomic mass is 16.5. The first kappa shape index (κ1) is 16.6. The van der Waals surface area contributed by atoms with Crippen molar-refractivity contribution in [3.8, 4) is 11.5 Å². The van der Waals surface area contributed by atoms with Gasteiger partial charge in [0.1, 0.15) is 6.10 Å². The largest absolute Gasteiger partial charge is 0.453 e. The van der Waals surface area contributed by atoms with Gasteiger partial charge >= 0.3 is 0 Å². The fourth-order valence-electron chi connectivity index (χ4n) is 3.51. The van der Waals surface area contributed by atoms with Crippen LogP contribution in [0.1, 0.15) is 19.3 Å². The highest BCUT2D eigenvalue weighted by Crippen LogP contribution is 2.48. The first-order valence-corrected chi connectivity index (χ1v) is 8.27. The van der Waals surface area contributed by atoms with Crippen LogP contribution in [0.3, 0.4) is 0 Å². The number of para-hydroxylation sites is 4. The molecule has 2 aromatic carbocycles. The first-order valence-electron chi connectivity index (χ1n) is 8.27. The molecule has 126 valence electrons. The molecule has 1 saturated carbocycles. The Bertz CT molecular complexity index is 657. The van der Waals surface area contributed by atoms with Gasteiger partial charge in [0.2, 0.25) is 0 Å². The van der Waals surface area contributed by atoms with Gasteiger partial charge < -0.3 is 19.8 Å². The molecule has 2 N–H and O–H groups in total. The molecule has 1 aliphatic heterocycles. The van der Waals surface area contributed by atoms with Crippen LogP contribution in [0.5, 0.6) is 11.5 Å². The molecule has 0 radical (unpaired) electrons. The molecular formula is C20H23NO3. The van der Waals surface area contributed by atoms with Crippen molar-refractivity contribution >= 4 is 11.4 Å². The maximum absolute atomic E-state index is 10.5. The van der Waals surface area contributed by atoms with Crippen molar-refractivity contribution in [3.05, 3.63) is 61.7 Å². The van der Waals surface area contributed by atoms with Gasteiger partial charge in [0.15, 0.2) is 11.5 Å². The fourth-order valence-corrected chi connectivity index (χ4v) is 3.51. The Kier molecular flexibility index (Phi) is 4.88. The van der Waals surface area contributed by atoms with Gasteiger partial charge in [-0.15, -0.1) is 13.2 Å². The van der Waals surface area contributed by atoms with Gasteiger partial charge in [-0.25, -0.2) is 0 Å². The lowest BCUT2D eigenvalue weighted by Crippen LogP contribution is -2.50. The van der Waals surface area contributed by atoms with Gasteiger partial charge in [-0.05, 0) is 43.5 Å². The summed E-state index contributed by atoms with van der Waals surface area (Å²) in [6.07, 6.45) is 0.991. The number of nitrogens with zero attached hydrogens (tertiary/aromatic N) is 1. The second-order valence-corrected chi connectivity index (χ2v) is 5.96. The smallest absolute Gasteiger partial charge is 0.151 e. The molecule has 4 heteroatoms. The maximum Gasteiger partial charge on any atom is 0.151 e. The first-order chi connectivity index (χ1) is 11.8. The molecule has 1 aliphatic carbocycles. The minimum absolute atomic E-state index is 0.144. The van der Waals surface area contributed by atoms with E-state index in [0.717, 1.165) is 35.7 Å². The standard InChI is InChI=1S/C18H19NO3.C2H4/c20-15-9-5-8-14(18(15)21)19-12-6-1-3-10-16(12)22-17-11-4-2-7-13(17)19;1-2/h1-4,6-7,10-11,14-15,18,20-21H,5,8-9H2;1-2H2/t14-,15-,18+;/m0./s1. The number of hydrogen-bond donors (Lipinski definition) is 2. The summed E-state index contributed by atoms with van der Waals surface area (Å²) in [5, 5.41) is 20.6. The second kappa shape index (κ2) is 7.07. The van der Waals surface area contributed by atoms with Crippen LogP contribution in [0.4, 0.5) is 11.4 Å². The molecule has 3 atom stereocenters. The van der Waals surface area contributed by atoms with E-state index in [1.165, 1.54) is 0 Å². The topological polar surface area (TPSA) is 52.9 Å². The van der Waals surface area contributed by atoms with Gasteiger partial charge in [0, 0.05) is 0 Å². The Hall–Kier alpha value is -2.30. The molecule has 0 unspecified atom stereocenters. The molecular weight excluding hydrogens is 302 g/mol. The van der Waals surface area contributed by atoms with Crippen LogP contribution in [-0.4, -0.2) is 28.5 Å². The Labute approximate surface area is 142 Å². The van der Waals surface area contributed by atoms with Crippen molar-refractivity contribution in [2.24, 2.45) is 0 Å². The highest BCUT2D eigenvalue weighted by molar-refractivity contribution is 5.78. The normalized spacial score (nSPS) is 24.8. The maximum atomic E-state index is 10.5. The van der Waals surface area contributed by atoms with Crippen molar-refractivity contribution in [1.82, 2.24) is 0 Å². The van der Waals surface area contributed by atoms with Crippen LogP contribution < -0.4 is 9.64 Å². The summed E-state index contributed by atoms with van der Waals surface area (Å²) in [7, 11) is 0. The molecule has 2 aliphatic rings. The van der Waals surface area contributed by atoms with Crippen molar-refractivity contribution in [1.29, 1.82) is 0 Å². The average Bonchev–Trinajstić information content (AvgIpc) is 2.64. The highest BCUT2D eigenvalue weighted by Gasteiger charge is 2.38. The molecule has 0 saturated heterocycles. The molecule has 0 amide bonds. The minimum atomic E-state index is -0.757. The third-order valence-electron chi connectivity index (χ3n) is 4.59. The van der Waals surface area contributed by atoms with Crippen LogP contribution in [-0.2, 0) is 0 Å². The minimum Gasteiger partial charge on any atom is -0.453 e. The van der Waals surface area contributed by atoms with E-state index in [-0.39, 0.29) is 6.04 Å². The third kappa shape index (κ3) is 2.79. The SMILES string of the molecule is C=C.O[C@H]1[C@@H](O)CCC[C@@H]1N1c2ccccc2Oc2ccccc21. The lowest BCUT2D eigenvalue weighted by atomic mass is 9.88. The number of ether oxygens (including phenoxy) is 1. The number of anilines is 2. The van der Waals surface area contributed by atoms with Gasteiger partial charge in [0.25, 0.3) is 0 Å². The van der Waals surface area contributed by atoms with E-state index in [1.54, 1.807) is 0 Å². The van der Waals surface area contributed by atoms with Gasteiger partial charge in [-0.1, -0.05) is 24.3 Å². The zero-order chi connectivity index (χ0) is 17.1. The summed E-state index contributed by atoms with van der Waals surface area (Å²) < 4.78 is 5.97. The Morgan fingerprint density at radius 2 is 1.42 bits per heavy atom. The zero-order valence-electron chi connectivity index (χ0n) is 13.6. The fraction of sp³-hybridized carbons (Fsp3) is 0.300. The van der Waals surface area contributed by atoms with E-state index in [0.29, 0.717) is 6.42 Å². The summed E-state index contributed by atoms with van der Waals surface area (Å²) >= 11 is 0. The van der Waals surface area contributed by atoms with Gasteiger partial charge in [-0.3, -0.25) is 0 Å². The zero-order valence-corrected chi connectivity index (χ0v) is 13.6. The third-order valence-corrected chi connectivity index (χ3v) is 4.59. The van der Waals surface area contributed by atoms with Crippen LogP contribution in [0.15, 0.2) is 61.7 Å². The predicted molar refractivity (Wildman–Crippen MR) is 96.0 cm³/mol. The number of aliphatic hydroxyl groups is 2. The second-order valence-electron chi connectivity index (χ2n) is 5.96. The number of fused-ring (bicyclic) bond motifs is 2. The van der Waals surface area contributed by atoms with E-state index < -0.39 is 12.2 Å². The summed E-state index contributed by atoms with van der Waals surface area (Å²) in [6, 6.07) is 15.5. The van der Waals surface area contributed by atoms with Crippen molar-refractivity contribution in [2.45, 2.75) is 37.5 Å². The van der Waals surface area contributed by atoms with Gasteiger partial charge in [0.05, 0.1) is 23.5 Å². The molecule has 24 heavy (non-hydrogen) atoms. The van der Waals surface area contributed by atoms with Crippen LogP contribution >= 0.6 is 0 Å². The molecule has 2 aromatic rings. The number of aliphatic hydroxyl groups excluding tert-OH is 2. The molecule has 1 heterocycles. The Morgan fingerprint density at radius 3 is 2.00 bits per heavy atom. The lowest BCUT2D eigenvalue weighted by Gasteiger charge is -2.43. The quantitative estimate of drug-likeness (QED) is 0.778. The summed E-state index contributed by atoms with van der Waals surface area (Å²) in [4.78, 5) is 2.13. The van der Waals surface area contributed by atoms with E-state index in [1.807, 2.05) is 48.5 Å².